The van der Waals surface area contributed by atoms with Gasteiger partial charge >= 0.3 is 5.97 Å². The van der Waals surface area contributed by atoms with Gasteiger partial charge < -0.3 is 15.2 Å². The summed E-state index contributed by atoms with van der Waals surface area (Å²) in [5.74, 6) is 0.0418. The van der Waals surface area contributed by atoms with Crippen LogP contribution in [0.1, 0.15) is 19.4 Å². The maximum atomic E-state index is 11.5. The van der Waals surface area contributed by atoms with Crippen LogP contribution in [0.2, 0.25) is 0 Å². The molecular weight excluding hydrogens is 232 g/mol. The van der Waals surface area contributed by atoms with Gasteiger partial charge in [-0.25, -0.2) is 0 Å². The highest BCUT2D eigenvalue weighted by atomic mass is 16.5. The molecule has 1 rings (SSSR count). The van der Waals surface area contributed by atoms with Gasteiger partial charge in [0.05, 0.1) is 18.1 Å². The topological polar surface area (TPSA) is 85.3 Å². The van der Waals surface area contributed by atoms with Crippen molar-refractivity contribution in [2.24, 2.45) is 5.41 Å². The van der Waals surface area contributed by atoms with Crippen molar-refractivity contribution in [2.75, 3.05) is 19.5 Å². The minimum atomic E-state index is -0.775. The Kier molecular flexibility index (Phi) is 4.16. The number of benzene rings is 1. The minimum Gasteiger partial charge on any atom is -0.491 e. The Morgan fingerprint density at radius 3 is 2.72 bits per heavy atom. The van der Waals surface area contributed by atoms with Gasteiger partial charge in [-0.15, -0.1) is 0 Å². The average molecular weight is 248 g/mol. The Balaban J connectivity index is 2.81. The van der Waals surface area contributed by atoms with E-state index in [0.717, 1.165) is 0 Å². The minimum absolute atomic E-state index is 0.123. The molecule has 0 fully saturated rings. The summed E-state index contributed by atoms with van der Waals surface area (Å²) < 4.78 is 10.2. The summed E-state index contributed by atoms with van der Waals surface area (Å²) in [5, 5.41) is 8.95. The average Bonchev–Trinajstić information content (AvgIpc) is 2.36. The number of rotatable bonds is 4. The molecule has 2 N–H and O–H groups in total. The van der Waals surface area contributed by atoms with E-state index >= 15 is 0 Å². The summed E-state index contributed by atoms with van der Waals surface area (Å²) >= 11 is 0. The molecule has 5 nitrogen and oxygen atoms in total. The van der Waals surface area contributed by atoms with E-state index in [9.17, 15) is 4.79 Å². The molecule has 96 valence electrons. The second-order valence-corrected chi connectivity index (χ2v) is 4.53. The molecule has 0 aromatic heterocycles. The van der Waals surface area contributed by atoms with Gasteiger partial charge in [-0.3, -0.25) is 4.79 Å². The maximum absolute atomic E-state index is 11.5. The molecule has 0 bridgehead atoms. The molecule has 0 heterocycles. The number of hydrogen-bond donors (Lipinski definition) is 1. The number of nitrogens with zero attached hydrogens (tertiary/aromatic N) is 1. The molecule has 0 unspecified atom stereocenters. The number of hydrogen-bond acceptors (Lipinski definition) is 5. The summed E-state index contributed by atoms with van der Waals surface area (Å²) in [5.41, 5.74) is 5.63. The Morgan fingerprint density at radius 1 is 1.50 bits per heavy atom. The van der Waals surface area contributed by atoms with Crippen molar-refractivity contribution in [1.29, 1.82) is 5.26 Å². The highest BCUT2D eigenvalue weighted by Crippen LogP contribution is 2.24. The van der Waals surface area contributed by atoms with Crippen LogP contribution in [-0.4, -0.2) is 19.7 Å². The predicted octanol–water partition coefficient (Wildman–Crippen LogP) is 1.72. The van der Waals surface area contributed by atoms with Crippen molar-refractivity contribution in [3.63, 3.8) is 0 Å². The molecule has 0 saturated heterocycles. The maximum Gasteiger partial charge on any atom is 0.314 e. The fourth-order valence-electron chi connectivity index (χ4n) is 1.35. The third-order valence-electron chi connectivity index (χ3n) is 2.45. The molecule has 5 heteroatoms. The second-order valence-electron chi connectivity index (χ2n) is 4.53. The third kappa shape index (κ3) is 3.14. The molecular formula is C13H16N2O3. The molecule has 0 aliphatic carbocycles. The summed E-state index contributed by atoms with van der Waals surface area (Å²) in [4.78, 5) is 11.5. The lowest BCUT2D eigenvalue weighted by Gasteiger charge is -2.22. The van der Waals surface area contributed by atoms with E-state index < -0.39 is 5.41 Å². The van der Waals surface area contributed by atoms with Crippen molar-refractivity contribution in [1.82, 2.24) is 0 Å². The van der Waals surface area contributed by atoms with Gasteiger partial charge in [0.2, 0.25) is 0 Å². The van der Waals surface area contributed by atoms with Gasteiger partial charge in [-0.05, 0) is 32.0 Å². The number of nitrogen functional groups attached to an aromatic ring is 1. The number of anilines is 1. The zero-order valence-electron chi connectivity index (χ0n) is 10.7. The van der Waals surface area contributed by atoms with Crippen LogP contribution in [-0.2, 0) is 9.53 Å². The molecule has 0 aliphatic rings. The fraction of sp³-hybridized carbons (Fsp3) is 0.385. The summed E-state index contributed by atoms with van der Waals surface area (Å²) in [7, 11) is 1.33. The smallest absolute Gasteiger partial charge is 0.314 e. The van der Waals surface area contributed by atoms with Crippen LogP contribution in [0.4, 0.5) is 5.69 Å². The van der Waals surface area contributed by atoms with Crippen molar-refractivity contribution in [3.05, 3.63) is 23.8 Å². The zero-order chi connectivity index (χ0) is 13.8. The highest BCUT2D eigenvalue weighted by Gasteiger charge is 2.30. The number of nitriles is 1. The number of esters is 1. The molecule has 18 heavy (non-hydrogen) atoms. The molecule has 1 aromatic rings. The Labute approximate surface area is 106 Å². The Hall–Kier alpha value is -2.22. The summed E-state index contributed by atoms with van der Waals surface area (Å²) in [6, 6.07) is 6.78. The van der Waals surface area contributed by atoms with E-state index in [1.807, 2.05) is 6.07 Å². The molecule has 0 atom stereocenters. The van der Waals surface area contributed by atoms with E-state index in [1.54, 1.807) is 26.0 Å². The van der Waals surface area contributed by atoms with Gasteiger partial charge in [0.25, 0.3) is 0 Å². The monoisotopic (exact) mass is 248 g/mol. The molecule has 1 aromatic carbocycles. The fourth-order valence-corrected chi connectivity index (χ4v) is 1.35. The zero-order valence-corrected chi connectivity index (χ0v) is 10.7. The standard InChI is InChI=1S/C13H16N2O3/c1-13(2,12(16)17-3)8-18-11-5-4-10(15)6-9(11)7-14/h4-6H,8,15H2,1-3H3. The number of carbonyl (C=O) groups excluding carboxylic acids is 1. The van der Waals surface area contributed by atoms with E-state index in [-0.39, 0.29) is 12.6 Å². The van der Waals surface area contributed by atoms with E-state index in [1.165, 1.54) is 13.2 Å². The van der Waals surface area contributed by atoms with Gasteiger partial charge in [-0.1, -0.05) is 0 Å². The van der Waals surface area contributed by atoms with Crippen molar-refractivity contribution < 1.29 is 14.3 Å². The van der Waals surface area contributed by atoms with Gasteiger partial charge in [-0.2, -0.15) is 5.26 Å². The molecule has 0 aliphatic heterocycles. The van der Waals surface area contributed by atoms with Crippen molar-refractivity contribution in [2.45, 2.75) is 13.8 Å². The normalized spacial score (nSPS) is 10.6. The number of nitrogens with two attached hydrogens (primary N) is 1. The number of carbonyl (C=O) groups is 1. The van der Waals surface area contributed by atoms with E-state index in [4.69, 9.17) is 15.7 Å². The third-order valence-corrected chi connectivity index (χ3v) is 2.45. The highest BCUT2D eigenvalue weighted by molar-refractivity contribution is 5.75. The summed E-state index contributed by atoms with van der Waals surface area (Å²) in [6.07, 6.45) is 0. The Bertz CT molecular complexity index is 489. The molecule has 0 radical (unpaired) electrons. The first kappa shape index (κ1) is 13.8. The van der Waals surface area contributed by atoms with E-state index in [2.05, 4.69) is 4.74 Å². The van der Waals surface area contributed by atoms with Gasteiger partial charge in [0.1, 0.15) is 18.4 Å². The Morgan fingerprint density at radius 2 is 2.17 bits per heavy atom. The van der Waals surface area contributed by atoms with Crippen LogP contribution in [0.5, 0.6) is 5.75 Å². The number of methoxy groups -OCH3 is 1. The van der Waals surface area contributed by atoms with Gasteiger partial charge in [0.15, 0.2) is 0 Å². The second kappa shape index (κ2) is 5.41. The quantitative estimate of drug-likeness (QED) is 0.647. The molecule has 0 spiro atoms. The SMILES string of the molecule is COC(=O)C(C)(C)COc1ccc(N)cc1C#N. The predicted molar refractivity (Wildman–Crippen MR) is 66.9 cm³/mol. The lowest BCUT2D eigenvalue weighted by Crippen LogP contribution is -2.32. The largest absolute Gasteiger partial charge is 0.491 e. The first-order valence-electron chi connectivity index (χ1n) is 5.41. The van der Waals surface area contributed by atoms with Crippen molar-refractivity contribution in [3.8, 4) is 11.8 Å². The lowest BCUT2D eigenvalue weighted by molar-refractivity contribution is -0.152. The van der Waals surface area contributed by atoms with Crippen molar-refractivity contribution >= 4 is 11.7 Å². The molecule has 0 saturated carbocycles. The van der Waals surface area contributed by atoms with Gasteiger partial charge in [0, 0.05) is 5.69 Å². The van der Waals surface area contributed by atoms with Crippen LogP contribution in [0.3, 0.4) is 0 Å². The first-order chi connectivity index (χ1) is 8.40. The summed E-state index contributed by atoms with van der Waals surface area (Å²) in [6.45, 7) is 3.54. The van der Waals surface area contributed by atoms with Crippen LogP contribution < -0.4 is 10.5 Å². The molecule has 0 amide bonds. The van der Waals surface area contributed by atoms with E-state index in [0.29, 0.717) is 17.0 Å². The van der Waals surface area contributed by atoms with Crippen LogP contribution in [0.15, 0.2) is 18.2 Å². The van der Waals surface area contributed by atoms with Crippen LogP contribution in [0, 0.1) is 16.7 Å². The van der Waals surface area contributed by atoms with Crippen LogP contribution in [0.25, 0.3) is 0 Å². The number of ether oxygens (including phenoxy) is 2. The first-order valence-corrected chi connectivity index (χ1v) is 5.41. The lowest BCUT2D eigenvalue weighted by atomic mass is 9.95. The van der Waals surface area contributed by atoms with Crippen LogP contribution >= 0.6 is 0 Å².